The normalized spacial score (nSPS) is 9.82. The van der Waals surface area contributed by atoms with Gasteiger partial charge in [0.25, 0.3) is 0 Å². The molecule has 0 fully saturated rings. The third-order valence-corrected chi connectivity index (χ3v) is 2.35. The van der Waals surface area contributed by atoms with E-state index in [2.05, 4.69) is 13.6 Å². The van der Waals surface area contributed by atoms with Crippen LogP contribution >= 0.6 is 23.2 Å². The van der Waals surface area contributed by atoms with E-state index in [0.717, 1.165) is 0 Å². The van der Waals surface area contributed by atoms with Gasteiger partial charge in [0.1, 0.15) is 0 Å². The monoisotopic (exact) mass is 186 g/mol. The number of rotatable bonds is 1. The molecule has 3 heteroatoms. The van der Waals surface area contributed by atoms with E-state index in [9.17, 15) is 0 Å². The second-order valence-electron chi connectivity index (χ2n) is 2.83. The summed E-state index contributed by atoms with van der Waals surface area (Å²) in [6.45, 7) is 4.75. The molecule has 1 aromatic rings. The molecule has 0 spiro atoms. The summed E-state index contributed by atoms with van der Waals surface area (Å²) in [5.41, 5.74) is 1.22. The molecule has 0 nitrogen and oxygen atoms in total. The highest BCUT2D eigenvalue weighted by molar-refractivity contribution is 6.71. The van der Waals surface area contributed by atoms with Gasteiger partial charge in [0, 0.05) is 0 Å². The zero-order chi connectivity index (χ0) is 8.43. The molecule has 58 valence electrons. The minimum absolute atomic E-state index is 0.504. The summed E-state index contributed by atoms with van der Waals surface area (Å²) in [5.74, 6) is 0. The number of halogens is 2. The molecule has 0 aliphatic carbocycles. The second-order valence-corrected chi connectivity index (χ2v) is 3.64. The van der Waals surface area contributed by atoms with Crippen LogP contribution in [0.2, 0.25) is 23.7 Å². The molecule has 0 aromatic heterocycles. The van der Waals surface area contributed by atoms with E-state index in [1.54, 1.807) is 0 Å². The van der Waals surface area contributed by atoms with Crippen LogP contribution in [-0.4, -0.2) is 6.71 Å². The standard InChI is InChI=1S/C8H9BCl2/c1-9(2)6-3-4-7(10)8(11)5-6/h3-5H,1-2H3. The third-order valence-electron chi connectivity index (χ3n) is 1.61. The van der Waals surface area contributed by atoms with E-state index in [-0.39, 0.29) is 0 Å². The maximum atomic E-state index is 5.83. The SMILES string of the molecule is CB(C)c1ccc(Cl)c(Cl)c1. The lowest BCUT2D eigenvalue weighted by atomic mass is 9.49. The van der Waals surface area contributed by atoms with Gasteiger partial charge >= 0.3 is 0 Å². The van der Waals surface area contributed by atoms with Crippen molar-refractivity contribution in [3.05, 3.63) is 28.2 Å². The van der Waals surface area contributed by atoms with Crippen LogP contribution in [-0.2, 0) is 0 Å². The molecule has 0 heterocycles. The molecule has 1 aromatic carbocycles. The highest BCUT2D eigenvalue weighted by Crippen LogP contribution is 2.19. The largest absolute Gasteiger partial charge is 0.169 e. The van der Waals surface area contributed by atoms with Gasteiger partial charge in [0.15, 0.2) is 6.71 Å². The van der Waals surface area contributed by atoms with Crippen LogP contribution in [0.5, 0.6) is 0 Å². The van der Waals surface area contributed by atoms with Crippen LogP contribution < -0.4 is 5.46 Å². The fourth-order valence-corrected chi connectivity index (χ4v) is 1.18. The van der Waals surface area contributed by atoms with Crippen LogP contribution in [0.3, 0.4) is 0 Å². The van der Waals surface area contributed by atoms with Gasteiger partial charge in [-0.15, -0.1) is 0 Å². The number of hydrogen-bond donors (Lipinski definition) is 0. The lowest BCUT2D eigenvalue weighted by Gasteiger charge is -2.02. The molecule has 1 rings (SSSR count). The zero-order valence-electron chi connectivity index (χ0n) is 6.57. The predicted molar refractivity (Wildman–Crippen MR) is 53.6 cm³/mol. The van der Waals surface area contributed by atoms with Crippen molar-refractivity contribution in [1.82, 2.24) is 0 Å². The van der Waals surface area contributed by atoms with Crippen molar-refractivity contribution in [1.29, 1.82) is 0 Å². The first-order valence-corrected chi connectivity index (χ1v) is 4.32. The van der Waals surface area contributed by atoms with Crippen molar-refractivity contribution in [3.8, 4) is 0 Å². The Morgan fingerprint density at radius 1 is 1.09 bits per heavy atom. The summed E-state index contributed by atoms with van der Waals surface area (Å²) in [6.07, 6.45) is 0. The molecule has 0 saturated carbocycles. The first-order chi connectivity index (χ1) is 5.11. The van der Waals surface area contributed by atoms with E-state index in [0.29, 0.717) is 16.8 Å². The summed E-state index contributed by atoms with van der Waals surface area (Å²) in [6, 6.07) is 5.74. The Labute approximate surface area is 77.6 Å². The minimum atomic E-state index is 0.504. The van der Waals surface area contributed by atoms with Crippen LogP contribution in [0, 0.1) is 0 Å². The highest BCUT2D eigenvalue weighted by atomic mass is 35.5. The van der Waals surface area contributed by atoms with Crippen molar-refractivity contribution in [2.24, 2.45) is 0 Å². The smallest absolute Gasteiger partial charge is 0.0827 e. The van der Waals surface area contributed by atoms with Crippen LogP contribution in [0.25, 0.3) is 0 Å². The summed E-state index contributed by atoms with van der Waals surface area (Å²) < 4.78 is 0. The average molecular weight is 187 g/mol. The first-order valence-electron chi connectivity index (χ1n) is 3.56. The van der Waals surface area contributed by atoms with Crippen LogP contribution in [0.1, 0.15) is 0 Å². The Morgan fingerprint density at radius 2 is 1.73 bits per heavy atom. The molecule has 0 N–H and O–H groups in total. The van der Waals surface area contributed by atoms with Gasteiger partial charge in [0.2, 0.25) is 0 Å². The van der Waals surface area contributed by atoms with Crippen molar-refractivity contribution in [3.63, 3.8) is 0 Å². The zero-order valence-corrected chi connectivity index (χ0v) is 8.08. The molecule has 0 saturated heterocycles. The van der Waals surface area contributed by atoms with Crippen LogP contribution in [0.15, 0.2) is 18.2 Å². The first kappa shape index (κ1) is 8.96. The lowest BCUT2D eigenvalue weighted by molar-refractivity contribution is 1.73. The summed E-state index contributed by atoms with van der Waals surface area (Å²) in [4.78, 5) is 0. The molecule has 0 amide bonds. The predicted octanol–water partition coefficient (Wildman–Crippen LogP) is 2.95. The van der Waals surface area contributed by atoms with Gasteiger partial charge in [-0.2, -0.15) is 0 Å². The Kier molecular flexibility index (Phi) is 2.86. The fraction of sp³-hybridized carbons (Fsp3) is 0.250. The highest BCUT2D eigenvalue weighted by Gasteiger charge is 2.04. The van der Waals surface area contributed by atoms with Crippen molar-refractivity contribution < 1.29 is 0 Å². The lowest BCUT2D eigenvalue weighted by Crippen LogP contribution is -2.21. The molecule has 0 aliphatic rings. The molecular weight excluding hydrogens is 178 g/mol. The Bertz CT molecular complexity index is 258. The van der Waals surface area contributed by atoms with E-state index in [1.165, 1.54) is 5.46 Å². The Balaban J connectivity index is 3.05. The van der Waals surface area contributed by atoms with Crippen molar-refractivity contribution >= 4 is 35.4 Å². The second kappa shape index (κ2) is 3.51. The van der Waals surface area contributed by atoms with E-state index in [1.807, 2.05) is 18.2 Å². The maximum Gasteiger partial charge on any atom is 0.169 e. The molecule has 11 heavy (non-hydrogen) atoms. The maximum absolute atomic E-state index is 5.83. The van der Waals surface area contributed by atoms with Crippen molar-refractivity contribution in [2.75, 3.05) is 0 Å². The number of hydrogen-bond acceptors (Lipinski definition) is 0. The summed E-state index contributed by atoms with van der Waals surface area (Å²) in [7, 11) is 0. The van der Waals surface area contributed by atoms with Gasteiger partial charge in [-0.25, -0.2) is 0 Å². The van der Waals surface area contributed by atoms with Gasteiger partial charge < -0.3 is 0 Å². The number of benzene rings is 1. The summed E-state index contributed by atoms with van der Waals surface area (Å²) in [5, 5.41) is 1.26. The molecule has 0 aliphatic heterocycles. The molecule has 0 bridgehead atoms. The van der Waals surface area contributed by atoms with E-state index in [4.69, 9.17) is 23.2 Å². The van der Waals surface area contributed by atoms with Gasteiger partial charge in [-0.1, -0.05) is 48.4 Å². The molecular formula is C8H9BCl2. The molecule has 0 unspecified atom stereocenters. The third kappa shape index (κ3) is 2.15. The molecule has 0 radical (unpaired) electrons. The summed E-state index contributed by atoms with van der Waals surface area (Å²) >= 11 is 11.6. The van der Waals surface area contributed by atoms with Gasteiger partial charge in [-0.3, -0.25) is 0 Å². The quantitative estimate of drug-likeness (QED) is 0.592. The Morgan fingerprint density at radius 3 is 2.18 bits per heavy atom. The minimum Gasteiger partial charge on any atom is -0.0827 e. The molecule has 0 atom stereocenters. The van der Waals surface area contributed by atoms with Crippen LogP contribution in [0.4, 0.5) is 0 Å². The van der Waals surface area contributed by atoms with E-state index >= 15 is 0 Å². The van der Waals surface area contributed by atoms with Crippen molar-refractivity contribution in [2.45, 2.75) is 13.6 Å². The Hall–Kier alpha value is -0.135. The van der Waals surface area contributed by atoms with Gasteiger partial charge in [0.05, 0.1) is 10.0 Å². The average Bonchev–Trinajstić information content (AvgIpc) is 1.94. The van der Waals surface area contributed by atoms with Gasteiger partial charge in [-0.05, 0) is 12.1 Å². The fourth-order valence-electron chi connectivity index (χ4n) is 0.871. The van der Waals surface area contributed by atoms with E-state index < -0.39 is 0 Å². The topological polar surface area (TPSA) is 0 Å².